The minimum absolute atomic E-state index is 0.0218. The molecular weight excluding hydrogens is 349 g/mol. The van der Waals surface area contributed by atoms with Gasteiger partial charge in [-0.25, -0.2) is 9.97 Å². The maximum absolute atomic E-state index is 6.16. The molecule has 1 heterocycles. The molecule has 2 unspecified atom stereocenters. The maximum atomic E-state index is 6.16. The van der Waals surface area contributed by atoms with Crippen LogP contribution in [0.2, 0.25) is 0 Å². The van der Waals surface area contributed by atoms with Crippen LogP contribution in [0.3, 0.4) is 0 Å². The van der Waals surface area contributed by atoms with Crippen LogP contribution in [0.15, 0.2) is 12.4 Å². The Labute approximate surface area is 121 Å². The van der Waals surface area contributed by atoms with Crippen LogP contribution in [-0.4, -0.2) is 21.4 Å². The Morgan fingerprint density at radius 2 is 2.24 bits per heavy atom. The predicted octanol–water partition coefficient (Wildman–Crippen LogP) is 3.68. The zero-order chi connectivity index (χ0) is 12.3. The molecule has 0 bridgehead atoms. The SMILES string of the molecule is CC1CCCC(CCl)(Nc2ncc(I)cn2)C1. The highest BCUT2D eigenvalue weighted by Crippen LogP contribution is 2.35. The Morgan fingerprint density at radius 3 is 2.82 bits per heavy atom. The molecule has 5 heteroatoms. The highest BCUT2D eigenvalue weighted by Gasteiger charge is 2.34. The lowest BCUT2D eigenvalue weighted by molar-refractivity contribution is 0.278. The highest BCUT2D eigenvalue weighted by atomic mass is 127. The van der Waals surface area contributed by atoms with E-state index in [4.69, 9.17) is 11.6 Å². The number of nitrogens with one attached hydrogen (secondary N) is 1. The van der Waals surface area contributed by atoms with E-state index in [1.807, 2.05) is 12.4 Å². The van der Waals surface area contributed by atoms with Crippen molar-refractivity contribution in [2.45, 2.75) is 38.1 Å². The molecule has 1 saturated carbocycles. The second kappa shape index (κ2) is 5.69. The van der Waals surface area contributed by atoms with E-state index in [2.05, 4.69) is 44.8 Å². The van der Waals surface area contributed by atoms with Gasteiger partial charge >= 0.3 is 0 Å². The van der Waals surface area contributed by atoms with Gasteiger partial charge in [0.05, 0.1) is 5.54 Å². The lowest BCUT2D eigenvalue weighted by atomic mass is 9.77. The molecule has 1 aromatic rings. The minimum atomic E-state index is -0.0218. The van der Waals surface area contributed by atoms with Crippen molar-refractivity contribution in [1.29, 1.82) is 0 Å². The van der Waals surface area contributed by atoms with E-state index in [0.717, 1.165) is 22.3 Å². The molecule has 94 valence electrons. The fourth-order valence-electron chi connectivity index (χ4n) is 2.54. The van der Waals surface area contributed by atoms with Crippen molar-refractivity contribution in [3.8, 4) is 0 Å². The summed E-state index contributed by atoms with van der Waals surface area (Å²) in [5.41, 5.74) is -0.0218. The summed E-state index contributed by atoms with van der Waals surface area (Å²) >= 11 is 8.37. The lowest BCUT2D eigenvalue weighted by Crippen LogP contribution is -2.44. The molecule has 2 rings (SSSR count). The van der Waals surface area contributed by atoms with Crippen LogP contribution in [0, 0.1) is 9.49 Å². The van der Waals surface area contributed by atoms with Gasteiger partial charge in [-0.05, 0) is 41.4 Å². The lowest BCUT2D eigenvalue weighted by Gasteiger charge is -2.39. The summed E-state index contributed by atoms with van der Waals surface area (Å²) in [7, 11) is 0. The van der Waals surface area contributed by atoms with Gasteiger partial charge in [-0.1, -0.05) is 19.8 Å². The van der Waals surface area contributed by atoms with Gasteiger partial charge in [0.1, 0.15) is 0 Å². The number of nitrogens with zero attached hydrogens (tertiary/aromatic N) is 2. The van der Waals surface area contributed by atoms with Gasteiger partial charge in [0.25, 0.3) is 0 Å². The van der Waals surface area contributed by atoms with Gasteiger partial charge in [-0.2, -0.15) is 0 Å². The zero-order valence-corrected chi connectivity index (χ0v) is 12.8. The van der Waals surface area contributed by atoms with E-state index in [0.29, 0.717) is 11.8 Å². The van der Waals surface area contributed by atoms with Gasteiger partial charge in [-0.3, -0.25) is 0 Å². The molecule has 0 radical (unpaired) electrons. The number of rotatable bonds is 3. The van der Waals surface area contributed by atoms with Crippen LogP contribution in [-0.2, 0) is 0 Å². The fraction of sp³-hybridized carbons (Fsp3) is 0.667. The quantitative estimate of drug-likeness (QED) is 0.656. The first kappa shape index (κ1) is 13.3. The molecule has 0 amide bonds. The average molecular weight is 366 g/mol. The summed E-state index contributed by atoms with van der Waals surface area (Å²) < 4.78 is 1.05. The maximum Gasteiger partial charge on any atom is 0.223 e. The molecule has 17 heavy (non-hydrogen) atoms. The largest absolute Gasteiger partial charge is 0.348 e. The third kappa shape index (κ3) is 3.44. The molecule has 1 N–H and O–H groups in total. The van der Waals surface area contributed by atoms with Crippen molar-refractivity contribution in [1.82, 2.24) is 9.97 Å². The summed E-state index contributed by atoms with van der Waals surface area (Å²) in [5.74, 6) is 2.03. The van der Waals surface area contributed by atoms with E-state index >= 15 is 0 Å². The molecule has 1 aliphatic carbocycles. The van der Waals surface area contributed by atoms with Crippen LogP contribution in [0.5, 0.6) is 0 Å². The zero-order valence-electron chi connectivity index (χ0n) is 9.92. The van der Waals surface area contributed by atoms with Crippen molar-refractivity contribution in [3.05, 3.63) is 16.0 Å². The van der Waals surface area contributed by atoms with Crippen molar-refractivity contribution in [3.63, 3.8) is 0 Å². The molecule has 1 aromatic heterocycles. The molecule has 0 spiro atoms. The topological polar surface area (TPSA) is 37.8 Å². The Morgan fingerprint density at radius 1 is 1.53 bits per heavy atom. The average Bonchev–Trinajstić information content (AvgIpc) is 2.32. The van der Waals surface area contributed by atoms with E-state index in [1.54, 1.807) is 0 Å². The Kier molecular flexibility index (Phi) is 4.47. The van der Waals surface area contributed by atoms with Crippen molar-refractivity contribution >= 4 is 40.1 Å². The van der Waals surface area contributed by atoms with Gasteiger partial charge in [0.2, 0.25) is 5.95 Å². The number of aromatic nitrogens is 2. The standard InChI is InChI=1S/C12H17ClIN3/c1-9-3-2-4-12(5-9,8-13)17-11-15-6-10(14)7-16-11/h6-7,9H,2-5,8H2,1H3,(H,15,16,17). The summed E-state index contributed by atoms with van der Waals surface area (Å²) in [6.07, 6.45) is 8.38. The van der Waals surface area contributed by atoms with Gasteiger partial charge < -0.3 is 5.32 Å². The Hall–Kier alpha value is -0.100. The molecule has 3 nitrogen and oxygen atoms in total. The normalized spacial score (nSPS) is 29.0. The van der Waals surface area contributed by atoms with Crippen molar-refractivity contribution in [2.75, 3.05) is 11.2 Å². The molecule has 0 saturated heterocycles. The summed E-state index contributed by atoms with van der Waals surface area (Å²) in [4.78, 5) is 8.60. The van der Waals surface area contributed by atoms with Gasteiger partial charge in [0, 0.05) is 21.8 Å². The number of alkyl halides is 1. The summed E-state index contributed by atoms with van der Waals surface area (Å²) in [6.45, 7) is 2.29. The smallest absolute Gasteiger partial charge is 0.223 e. The predicted molar refractivity (Wildman–Crippen MR) is 79.5 cm³/mol. The number of anilines is 1. The first-order chi connectivity index (χ1) is 8.13. The molecule has 0 aliphatic heterocycles. The molecular formula is C12H17ClIN3. The fourth-order valence-corrected chi connectivity index (χ4v) is 3.13. The third-order valence-corrected chi connectivity index (χ3v) is 4.41. The summed E-state index contributed by atoms with van der Waals surface area (Å²) in [5, 5.41) is 3.44. The van der Waals surface area contributed by atoms with Gasteiger partial charge in [0.15, 0.2) is 0 Å². The molecule has 2 atom stereocenters. The highest BCUT2D eigenvalue weighted by molar-refractivity contribution is 14.1. The first-order valence-electron chi connectivity index (χ1n) is 5.95. The van der Waals surface area contributed by atoms with E-state index < -0.39 is 0 Å². The van der Waals surface area contributed by atoms with E-state index in [9.17, 15) is 0 Å². The van der Waals surface area contributed by atoms with Crippen LogP contribution in [0.1, 0.15) is 32.6 Å². The number of hydrogen-bond donors (Lipinski definition) is 1. The van der Waals surface area contributed by atoms with Crippen LogP contribution in [0.4, 0.5) is 5.95 Å². The molecule has 1 aliphatic rings. The van der Waals surface area contributed by atoms with Gasteiger partial charge in [-0.15, -0.1) is 11.6 Å². The molecule has 1 fully saturated rings. The minimum Gasteiger partial charge on any atom is -0.348 e. The second-order valence-corrected chi connectivity index (χ2v) is 6.48. The number of hydrogen-bond acceptors (Lipinski definition) is 3. The van der Waals surface area contributed by atoms with Crippen LogP contribution >= 0.6 is 34.2 Å². The summed E-state index contributed by atoms with van der Waals surface area (Å²) in [6, 6.07) is 0. The van der Waals surface area contributed by atoms with Crippen LogP contribution < -0.4 is 5.32 Å². The van der Waals surface area contributed by atoms with Crippen LogP contribution in [0.25, 0.3) is 0 Å². The third-order valence-electron chi connectivity index (χ3n) is 3.34. The Bertz CT molecular complexity index is 371. The van der Waals surface area contributed by atoms with E-state index in [-0.39, 0.29) is 5.54 Å². The first-order valence-corrected chi connectivity index (χ1v) is 7.56. The monoisotopic (exact) mass is 365 g/mol. The van der Waals surface area contributed by atoms with E-state index in [1.165, 1.54) is 12.8 Å². The molecule has 0 aromatic carbocycles. The second-order valence-electron chi connectivity index (χ2n) is 4.97. The number of halogens is 2. The van der Waals surface area contributed by atoms with Crippen molar-refractivity contribution in [2.24, 2.45) is 5.92 Å². The Balaban J connectivity index is 2.10. The van der Waals surface area contributed by atoms with Crippen molar-refractivity contribution < 1.29 is 0 Å².